The number of aromatic hydroxyl groups is 1. The number of carboxylic acid groups (broad SMARTS) is 3. The average Bonchev–Trinajstić information content (AvgIpc) is 1.65. The fourth-order valence-electron chi connectivity index (χ4n) is 11.9. The van der Waals surface area contributed by atoms with Gasteiger partial charge in [-0.2, -0.15) is 0 Å². The van der Waals surface area contributed by atoms with Gasteiger partial charge in [0.2, 0.25) is 29.5 Å². The van der Waals surface area contributed by atoms with Crippen LogP contribution in [0, 0.1) is 17.8 Å². The first kappa shape index (κ1) is 80.7. The van der Waals surface area contributed by atoms with Gasteiger partial charge in [-0.1, -0.05) is 88.8 Å². The molecule has 100 heavy (non-hydrogen) atoms. The number of amides is 5. The monoisotopic (exact) mass is 1430 g/mol. The van der Waals surface area contributed by atoms with Crippen LogP contribution in [0.15, 0.2) is 97.4 Å². The van der Waals surface area contributed by atoms with E-state index in [0.717, 1.165) is 21.6 Å². The zero-order chi connectivity index (χ0) is 73.0. The number of fused-ring (bicyclic) bond motifs is 1. The fourth-order valence-corrected chi connectivity index (χ4v) is 14.4. The molecule has 3 aromatic carbocycles. The lowest BCUT2D eigenvalue weighted by Gasteiger charge is -2.33. The highest BCUT2D eigenvalue weighted by Crippen LogP contribution is 2.29. The molecule has 0 spiro atoms. The van der Waals surface area contributed by atoms with E-state index in [1.807, 2.05) is 11.0 Å². The highest BCUT2D eigenvalue weighted by atomic mass is 33.1. The van der Waals surface area contributed by atoms with Crippen molar-refractivity contribution in [3.8, 4) is 5.75 Å². The van der Waals surface area contributed by atoms with Crippen LogP contribution in [-0.4, -0.2) is 264 Å². The van der Waals surface area contributed by atoms with Gasteiger partial charge in [0, 0.05) is 113 Å². The average molecular weight is 1430 g/mol. The molecule has 0 aliphatic carbocycles. The molecule has 1 aromatic heterocycles. The third-order valence-corrected chi connectivity index (χ3v) is 20.1. The van der Waals surface area contributed by atoms with Crippen molar-refractivity contribution in [3.63, 3.8) is 0 Å². The minimum Gasteiger partial charge on any atom is -0.512 e. The maximum absolute atomic E-state index is 15.4. The molecule has 6 rings (SSSR count). The van der Waals surface area contributed by atoms with Crippen molar-refractivity contribution in [1.82, 2.24) is 51.2 Å². The number of aromatic amines is 1. The van der Waals surface area contributed by atoms with Crippen LogP contribution in [0.1, 0.15) is 69.1 Å². The van der Waals surface area contributed by atoms with E-state index >= 15 is 19.2 Å². The van der Waals surface area contributed by atoms with Crippen molar-refractivity contribution in [2.24, 2.45) is 23.5 Å². The Kier molecular flexibility index (Phi) is 33.0. The number of carbonyl (C=O) groups excluding carboxylic acids is 8. The summed E-state index contributed by atoms with van der Waals surface area (Å²) in [4.78, 5) is 165. The van der Waals surface area contributed by atoms with E-state index in [4.69, 9.17) is 5.73 Å². The van der Waals surface area contributed by atoms with E-state index < -0.39 is 144 Å². The maximum atomic E-state index is 15.4. The minimum absolute atomic E-state index is 0.00132. The van der Waals surface area contributed by atoms with Crippen LogP contribution in [0.4, 0.5) is 0 Å². The highest BCUT2D eigenvalue weighted by molar-refractivity contribution is 8.76. The van der Waals surface area contributed by atoms with E-state index in [1.54, 1.807) is 69.4 Å². The molecule has 4 aromatic rings. The van der Waals surface area contributed by atoms with Gasteiger partial charge in [-0.3, -0.25) is 72.3 Å². The van der Waals surface area contributed by atoms with Crippen LogP contribution >= 0.6 is 21.6 Å². The number of Topliss-reactive ketones (excluding diaryl/α,β-unsaturated/α-hetero) is 3. The van der Waals surface area contributed by atoms with Crippen molar-refractivity contribution in [2.45, 2.75) is 114 Å². The third kappa shape index (κ3) is 27.0. The number of benzene rings is 3. The van der Waals surface area contributed by atoms with Crippen molar-refractivity contribution >= 4 is 97.3 Å². The number of para-hydroxylation sites is 1. The summed E-state index contributed by atoms with van der Waals surface area (Å²) in [6.45, 7) is 6.80. The lowest BCUT2D eigenvalue weighted by Crippen LogP contribution is -2.57. The Morgan fingerprint density at radius 1 is 0.640 bits per heavy atom. The van der Waals surface area contributed by atoms with Crippen molar-refractivity contribution < 1.29 is 88.5 Å². The Bertz CT molecular complexity index is 3400. The smallest absolute Gasteiger partial charge is 0.317 e. The largest absolute Gasteiger partial charge is 0.512 e. The molecule has 2 fully saturated rings. The number of rotatable bonds is 28. The number of carboxylic acids is 3. The van der Waals surface area contributed by atoms with Gasteiger partial charge in [0.15, 0.2) is 17.3 Å². The SMILES string of the molecule is C=C(O)CN1CCN(CC(=O)O)CCN(CC(=O)O)CCN(CC(=O)NC(Cc2ccccc2)C(=O)CC2CSSCC(C(=O)CC(C(=O)O)C(C)O)NC(=O)C(C(C)O)CC(=O)C(CCCCN)NC(=O)C(Cc3c[nH]c4ccccc34)NC(=O)C(Cc3ccc(O)cc3)NC2=O)CC1. The summed E-state index contributed by atoms with van der Waals surface area (Å²) in [5.74, 6) is -15.6. The molecule has 10 atom stereocenters. The number of aliphatic carboxylic acids is 3. The molecule has 0 radical (unpaired) electrons. The molecule has 2 saturated heterocycles. The molecule has 10 unspecified atom stereocenters. The molecule has 31 heteroatoms. The number of nitrogens with zero attached hydrogens (tertiary/aromatic N) is 4. The number of nitrogens with two attached hydrogens (primary N) is 1. The first-order chi connectivity index (χ1) is 47.7. The number of aliphatic hydroxyl groups is 3. The fraction of sp³-hybridized carbons (Fsp3) is 0.522. The summed E-state index contributed by atoms with van der Waals surface area (Å²) >= 11 is 0. The van der Waals surface area contributed by atoms with Gasteiger partial charge in [0.25, 0.3) is 0 Å². The maximum Gasteiger partial charge on any atom is 0.317 e. The van der Waals surface area contributed by atoms with Gasteiger partial charge >= 0.3 is 17.9 Å². The predicted molar refractivity (Wildman–Crippen MR) is 375 cm³/mol. The van der Waals surface area contributed by atoms with Crippen LogP contribution in [0.25, 0.3) is 10.9 Å². The number of nitrogens with one attached hydrogen (secondary N) is 6. The molecular weight excluding hydrogens is 1330 g/mol. The molecule has 2 aliphatic heterocycles. The molecular formula is C69H95N11O18S2. The highest BCUT2D eigenvalue weighted by Gasteiger charge is 2.38. The van der Waals surface area contributed by atoms with Crippen LogP contribution in [0.3, 0.4) is 0 Å². The molecule has 29 nitrogen and oxygen atoms in total. The summed E-state index contributed by atoms with van der Waals surface area (Å²) < 4.78 is 0. The first-order valence-corrected chi connectivity index (χ1v) is 35.8. The van der Waals surface area contributed by atoms with E-state index in [2.05, 4.69) is 38.1 Å². The van der Waals surface area contributed by atoms with Crippen LogP contribution in [0.5, 0.6) is 5.75 Å². The number of unbranched alkanes of at least 4 members (excludes halogenated alkanes) is 1. The first-order valence-electron chi connectivity index (χ1n) is 33.4. The molecule has 546 valence electrons. The summed E-state index contributed by atoms with van der Waals surface area (Å²) in [7, 11) is 1.89. The van der Waals surface area contributed by atoms with Crippen molar-refractivity contribution in [3.05, 3.63) is 114 Å². The number of phenols is 1. The van der Waals surface area contributed by atoms with Gasteiger partial charge in [0.1, 0.15) is 17.8 Å². The normalized spacial score (nSPS) is 22.0. The second kappa shape index (κ2) is 40.8. The van der Waals surface area contributed by atoms with Crippen molar-refractivity contribution in [2.75, 3.05) is 96.6 Å². The van der Waals surface area contributed by atoms with E-state index in [9.17, 15) is 69.3 Å². The van der Waals surface area contributed by atoms with Crippen molar-refractivity contribution in [1.29, 1.82) is 0 Å². The lowest BCUT2D eigenvalue weighted by molar-refractivity contribution is -0.148. The summed E-state index contributed by atoms with van der Waals surface area (Å²) in [6, 6.07) is 14.4. The molecule has 3 heterocycles. The number of H-pyrrole nitrogens is 1. The Morgan fingerprint density at radius 3 is 1.76 bits per heavy atom. The zero-order valence-electron chi connectivity index (χ0n) is 56.3. The summed E-state index contributed by atoms with van der Waals surface area (Å²) in [6.07, 6.45) is -3.25. The molecule has 15 N–H and O–H groups in total. The molecule has 5 amide bonds. The van der Waals surface area contributed by atoms with E-state index in [0.29, 0.717) is 40.4 Å². The second-order valence-corrected chi connectivity index (χ2v) is 28.1. The molecule has 0 saturated carbocycles. The quantitative estimate of drug-likeness (QED) is 0.0213. The van der Waals surface area contributed by atoms with Crippen LogP contribution in [-0.2, 0) is 72.0 Å². The number of phenolic OH excluding ortho intramolecular Hbond substituents is 1. The van der Waals surface area contributed by atoms with E-state index in [-0.39, 0.29) is 134 Å². The number of ketones is 3. The molecule has 0 bridgehead atoms. The summed E-state index contributed by atoms with van der Waals surface area (Å²) in [5.41, 5.74) is 8.18. The predicted octanol–water partition coefficient (Wildman–Crippen LogP) is 0.884. The Hall–Kier alpha value is -8.27. The number of carbonyl (C=O) groups is 11. The van der Waals surface area contributed by atoms with E-state index in [1.165, 1.54) is 38.1 Å². The number of aromatic nitrogens is 1. The van der Waals surface area contributed by atoms with Crippen LogP contribution < -0.4 is 32.3 Å². The third-order valence-electron chi connectivity index (χ3n) is 17.6. The topological polar surface area (TPSA) is 444 Å². The zero-order valence-corrected chi connectivity index (χ0v) is 58.0. The Balaban J connectivity index is 1.41. The number of hydrogen-bond donors (Lipinski definition) is 14. The Labute approximate surface area is 588 Å². The second-order valence-electron chi connectivity index (χ2n) is 25.5. The van der Waals surface area contributed by atoms with Crippen LogP contribution in [0.2, 0.25) is 0 Å². The Morgan fingerprint density at radius 2 is 1.19 bits per heavy atom. The number of hydrogen-bond acceptors (Lipinski definition) is 22. The van der Waals surface area contributed by atoms with Gasteiger partial charge in [0.05, 0.1) is 80.0 Å². The van der Waals surface area contributed by atoms with Gasteiger partial charge < -0.3 is 73.0 Å². The van der Waals surface area contributed by atoms with Gasteiger partial charge in [-0.15, -0.1) is 0 Å². The summed E-state index contributed by atoms with van der Waals surface area (Å²) in [5, 5.41) is 86.4. The standard InChI is InChI=1S/C69H95N11O18S2/c1-42(81)36-77-21-23-78(24-26-80(39-64(91)92)28-27-79(25-22-77)38-63(89)90)37-62(88)72-55(29-45-11-5-4-6-12-45)59(85)32-48-40-99-100-41-58(61(87)34-52(44(3)83)69(97)98)76-66(94)51(43(2)82)33-60(86)54(15-9-10-20-70)73-68(96)57(31-47-35-71-53-14-8-7-13-50(47)53)75-67(95)56(74-65(48)93)30-46-16-18-49(84)19-17-46/h4-8,11-14,16-19,35,43-44,48,51-52,54-58,71,81-84H,1,9-10,15,20-34,36-41,70H2,2-3H3,(H,72,88)(H,73,96)(H,74,93)(H,75,95)(H,76,94)(H,89,90)(H,91,92)(H,97,98). The van der Waals surface area contributed by atoms with Gasteiger partial charge in [-0.25, -0.2) is 0 Å². The lowest BCUT2D eigenvalue weighted by atomic mass is 9.90. The number of aliphatic hydroxyl groups excluding tert-OH is 3. The van der Waals surface area contributed by atoms with Gasteiger partial charge in [-0.05, 0) is 81.0 Å². The molecule has 2 aliphatic rings. The minimum atomic E-state index is -1.63.